The molecule has 0 saturated heterocycles. The summed E-state index contributed by atoms with van der Waals surface area (Å²) in [7, 11) is 0. The molecule has 0 saturated carbocycles. The Morgan fingerprint density at radius 2 is 2.05 bits per heavy atom. The van der Waals surface area contributed by atoms with Crippen LogP contribution in [0.2, 0.25) is 0 Å². The molecule has 1 atom stereocenters. The van der Waals surface area contributed by atoms with Crippen molar-refractivity contribution in [2.24, 2.45) is 0 Å². The lowest BCUT2D eigenvalue weighted by atomic mass is 9.94. The Bertz CT molecular complexity index is 832. The smallest absolute Gasteiger partial charge is 0.372 e. The van der Waals surface area contributed by atoms with Gasteiger partial charge in [0.25, 0.3) is 0 Å². The van der Waals surface area contributed by atoms with E-state index in [2.05, 4.69) is 0 Å². The normalized spacial score (nSPS) is 15.7. The average molecular weight is 300 g/mol. The summed E-state index contributed by atoms with van der Waals surface area (Å²) in [6.07, 6.45) is 0.165. The minimum atomic E-state index is -1.24. The van der Waals surface area contributed by atoms with E-state index in [4.69, 9.17) is 9.15 Å². The second-order valence-electron chi connectivity index (χ2n) is 5.40. The third kappa shape index (κ3) is 1.93. The maximum atomic E-state index is 12.6. The number of ether oxygens (including phenoxy) is 1. The molecule has 1 N–H and O–H groups in total. The Labute approximate surface area is 127 Å². The molecule has 0 radical (unpaired) electrons. The van der Waals surface area contributed by atoms with Gasteiger partial charge in [-0.3, -0.25) is 4.79 Å². The van der Waals surface area contributed by atoms with E-state index in [9.17, 15) is 14.7 Å². The molecule has 0 fully saturated rings. The van der Waals surface area contributed by atoms with E-state index in [1.807, 2.05) is 26.0 Å². The molecule has 0 bridgehead atoms. The van der Waals surface area contributed by atoms with Crippen molar-refractivity contribution in [2.45, 2.75) is 33.3 Å². The van der Waals surface area contributed by atoms with Gasteiger partial charge in [-0.25, -0.2) is 4.79 Å². The highest BCUT2D eigenvalue weighted by Gasteiger charge is 2.33. The van der Waals surface area contributed by atoms with E-state index >= 15 is 0 Å². The van der Waals surface area contributed by atoms with Gasteiger partial charge in [-0.2, -0.15) is 0 Å². The molecule has 0 spiro atoms. The van der Waals surface area contributed by atoms with E-state index in [0.717, 1.165) is 5.56 Å². The van der Waals surface area contributed by atoms with Crippen LogP contribution in [0.4, 0.5) is 0 Å². The van der Waals surface area contributed by atoms with E-state index in [1.54, 1.807) is 6.07 Å². The van der Waals surface area contributed by atoms with Crippen molar-refractivity contribution in [3.8, 4) is 17.1 Å². The zero-order valence-corrected chi connectivity index (χ0v) is 12.6. The number of carboxylic acid groups (broad SMARTS) is 1. The van der Waals surface area contributed by atoms with Crippen molar-refractivity contribution in [3.05, 3.63) is 50.9 Å². The molecule has 1 aromatic heterocycles. The van der Waals surface area contributed by atoms with Crippen molar-refractivity contribution in [2.75, 3.05) is 0 Å². The van der Waals surface area contributed by atoms with Crippen LogP contribution in [0.15, 0.2) is 27.4 Å². The lowest BCUT2D eigenvalue weighted by Gasteiger charge is -2.28. The van der Waals surface area contributed by atoms with Crippen molar-refractivity contribution in [3.63, 3.8) is 0 Å². The Hall–Kier alpha value is -2.56. The molecule has 1 aliphatic rings. The molecular weight excluding hydrogens is 284 g/mol. The van der Waals surface area contributed by atoms with Gasteiger partial charge in [0.05, 0.1) is 11.1 Å². The van der Waals surface area contributed by atoms with Crippen LogP contribution in [-0.2, 0) is 0 Å². The number of fused-ring (bicyclic) bond motifs is 3. The molecule has 5 heteroatoms. The molecule has 1 aromatic carbocycles. The number of benzene rings is 1. The maximum absolute atomic E-state index is 12.6. The molecule has 0 aliphatic carbocycles. The third-order valence-corrected chi connectivity index (χ3v) is 3.98. The minimum Gasteiger partial charge on any atom is -0.484 e. The van der Waals surface area contributed by atoms with Crippen LogP contribution in [-0.4, -0.2) is 11.1 Å². The zero-order chi connectivity index (χ0) is 16.0. The van der Waals surface area contributed by atoms with Gasteiger partial charge in [0.2, 0.25) is 5.76 Å². The maximum Gasteiger partial charge on any atom is 0.372 e. The van der Waals surface area contributed by atoms with Gasteiger partial charge in [-0.05, 0) is 31.9 Å². The molecule has 3 rings (SSSR count). The number of aromatic carboxylic acids is 1. The topological polar surface area (TPSA) is 76.7 Å². The average Bonchev–Trinajstić information content (AvgIpc) is 2.49. The van der Waals surface area contributed by atoms with Gasteiger partial charge < -0.3 is 14.3 Å². The standard InChI is InChI=1S/C17H16O5/c1-4-11-12-13(18)9(3)15(17(19)20)22-16(12)10-7-5-6-8(2)14(10)21-11/h5-7,11H,4H2,1-3H3,(H,19,20). The van der Waals surface area contributed by atoms with Crippen LogP contribution in [0.1, 0.15) is 46.7 Å². The van der Waals surface area contributed by atoms with Gasteiger partial charge in [0.15, 0.2) is 5.43 Å². The van der Waals surface area contributed by atoms with Crippen LogP contribution in [0, 0.1) is 13.8 Å². The second kappa shape index (κ2) is 5.02. The van der Waals surface area contributed by atoms with Crippen molar-refractivity contribution >= 4 is 5.97 Å². The highest BCUT2D eigenvalue weighted by Crippen LogP contribution is 2.44. The number of hydrogen-bond donors (Lipinski definition) is 1. The number of carboxylic acids is 1. The predicted octanol–water partition coefficient (Wildman–Crippen LogP) is 3.47. The van der Waals surface area contributed by atoms with Gasteiger partial charge in [0, 0.05) is 5.56 Å². The molecule has 114 valence electrons. The Morgan fingerprint density at radius 1 is 1.32 bits per heavy atom. The first-order valence-electron chi connectivity index (χ1n) is 7.13. The number of para-hydroxylation sites is 1. The van der Waals surface area contributed by atoms with Gasteiger partial charge >= 0.3 is 5.97 Å². The van der Waals surface area contributed by atoms with Crippen LogP contribution in [0.3, 0.4) is 0 Å². The molecule has 2 heterocycles. The molecule has 22 heavy (non-hydrogen) atoms. The van der Waals surface area contributed by atoms with Crippen molar-refractivity contribution in [1.29, 1.82) is 0 Å². The van der Waals surface area contributed by atoms with Crippen LogP contribution < -0.4 is 10.2 Å². The summed E-state index contributed by atoms with van der Waals surface area (Å²) in [4.78, 5) is 23.9. The molecule has 2 aromatic rings. The summed E-state index contributed by atoms with van der Waals surface area (Å²) in [5.41, 5.74) is 1.73. The number of carbonyl (C=O) groups is 1. The molecular formula is C17H16O5. The summed E-state index contributed by atoms with van der Waals surface area (Å²) in [5.74, 6) is -0.603. The molecule has 1 aliphatic heterocycles. The number of aryl methyl sites for hydroxylation is 1. The van der Waals surface area contributed by atoms with Crippen LogP contribution in [0.5, 0.6) is 5.75 Å². The summed E-state index contributed by atoms with van der Waals surface area (Å²) in [5, 5.41) is 9.25. The third-order valence-electron chi connectivity index (χ3n) is 3.98. The Morgan fingerprint density at radius 3 is 2.68 bits per heavy atom. The number of rotatable bonds is 2. The van der Waals surface area contributed by atoms with Gasteiger partial charge in [-0.1, -0.05) is 19.1 Å². The van der Waals surface area contributed by atoms with Gasteiger partial charge in [0.1, 0.15) is 17.6 Å². The highest BCUT2D eigenvalue weighted by molar-refractivity contribution is 5.87. The van der Waals surface area contributed by atoms with Crippen molar-refractivity contribution < 1.29 is 19.1 Å². The lowest BCUT2D eigenvalue weighted by Crippen LogP contribution is -2.26. The fourth-order valence-corrected chi connectivity index (χ4v) is 2.81. The van der Waals surface area contributed by atoms with Crippen molar-refractivity contribution in [1.82, 2.24) is 0 Å². The predicted molar refractivity (Wildman–Crippen MR) is 80.5 cm³/mol. The highest BCUT2D eigenvalue weighted by atomic mass is 16.5. The fourth-order valence-electron chi connectivity index (χ4n) is 2.81. The number of hydrogen-bond acceptors (Lipinski definition) is 4. The second-order valence-corrected chi connectivity index (χ2v) is 5.40. The summed E-state index contributed by atoms with van der Waals surface area (Å²) < 4.78 is 11.6. The zero-order valence-electron chi connectivity index (χ0n) is 12.6. The quantitative estimate of drug-likeness (QED) is 0.919. The first-order valence-corrected chi connectivity index (χ1v) is 7.13. The summed E-state index contributed by atoms with van der Waals surface area (Å²) >= 11 is 0. The van der Waals surface area contributed by atoms with Gasteiger partial charge in [-0.15, -0.1) is 0 Å². The Kier molecular flexibility index (Phi) is 3.28. The van der Waals surface area contributed by atoms with E-state index in [1.165, 1.54) is 6.92 Å². The molecule has 0 amide bonds. The van der Waals surface area contributed by atoms with E-state index in [-0.39, 0.29) is 16.8 Å². The fraction of sp³-hybridized carbons (Fsp3) is 0.294. The largest absolute Gasteiger partial charge is 0.484 e. The Balaban J connectivity index is 2.42. The molecule has 1 unspecified atom stereocenters. The lowest BCUT2D eigenvalue weighted by molar-refractivity contribution is 0.0657. The summed E-state index contributed by atoms with van der Waals surface area (Å²) in [6, 6.07) is 5.51. The van der Waals surface area contributed by atoms with Crippen LogP contribution >= 0.6 is 0 Å². The first-order chi connectivity index (χ1) is 10.5. The van der Waals surface area contributed by atoms with Crippen LogP contribution in [0.25, 0.3) is 11.3 Å². The first kappa shape index (κ1) is 14.4. The molecule has 5 nitrogen and oxygen atoms in total. The SMILES string of the molecule is CCC1Oc2c(C)cccc2-c2oc(C(=O)O)c(C)c(=O)c21. The van der Waals surface area contributed by atoms with E-state index < -0.39 is 12.1 Å². The minimum absolute atomic E-state index is 0.101. The monoisotopic (exact) mass is 300 g/mol. The van der Waals surface area contributed by atoms with E-state index in [0.29, 0.717) is 29.1 Å². The summed E-state index contributed by atoms with van der Waals surface area (Å²) in [6.45, 7) is 5.28.